The highest BCUT2D eigenvalue weighted by Gasteiger charge is 2.17. The highest BCUT2D eigenvalue weighted by atomic mass is 35.5. The van der Waals surface area contributed by atoms with E-state index in [1.54, 1.807) is 12.1 Å². The average Bonchev–Trinajstić information content (AvgIpc) is 2.30. The molecule has 0 radical (unpaired) electrons. The van der Waals surface area contributed by atoms with Gasteiger partial charge in [-0.3, -0.25) is 0 Å². The zero-order chi connectivity index (χ0) is 12.3. The van der Waals surface area contributed by atoms with Crippen LogP contribution in [0, 0.1) is 0 Å². The molecule has 1 aromatic rings. The molecule has 0 aromatic heterocycles. The van der Waals surface area contributed by atoms with E-state index in [9.17, 15) is 0 Å². The quantitative estimate of drug-likeness (QED) is 0.850. The van der Waals surface area contributed by atoms with Crippen molar-refractivity contribution >= 4 is 28.8 Å². The van der Waals surface area contributed by atoms with Crippen LogP contribution in [0.1, 0.15) is 37.7 Å². The molecule has 1 fully saturated rings. The lowest BCUT2D eigenvalue weighted by Gasteiger charge is -2.24. The number of nitrogens with two attached hydrogens (primary N) is 1. The number of hydrogen-bond donors (Lipinski definition) is 1. The molecule has 0 unspecified atom stereocenters. The summed E-state index contributed by atoms with van der Waals surface area (Å²) in [6.45, 7) is 0. The van der Waals surface area contributed by atoms with E-state index in [1.807, 2.05) is 6.07 Å². The summed E-state index contributed by atoms with van der Waals surface area (Å²) in [5, 5.41) is 0.649. The van der Waals surface area contributed by atoms with Crippen molar-refractivity contribution in [1.29, 1.82) is 0 Å². The molecule has 4 heteroatoms. The topological polar surface area (TPSA) is 35.2 Å². The SMILES string of the molecule is NC(=S)c1ccc(Cl)cc1OC1CCCCC1. The van der Waals surface area contributed by atoms with E-state index in [0.717, 1.165) is 24.2 Å². The highest BCUT2D eigenvalue weighted by Crippen LogP contribution is 2.28. The minimum absolute atomic E-state index is 0.273. The Bertz CT molecular complexity index is 416. The van der Waals surface area contributed by atoms with Crippen LogP contribution >= 0.6 is 23.8 Å². The minimum atomic E-state index is 0.273. The number of rotatable bonds is 3. The third-order valence-electron chi connectivity index (χ3n) is 3.05. The largest absolute Gasteiger partial charge is 0.490 e. The Morgan fingerprint density at radius 1 is 1.29 bits per heavy atom. The summed E-state index contributed by atoms with van der Waals surface area (Å²) < 4.78 is 5.98. The molecule has 0 amide bonds. The van der Waals surface area contributed by atoms with Gasteiger partial charge in [-0.15, -0.1) is 0 Å². The molecular formula is C13H16ClNOS. The van der Waals surface area contributed by atoms with Crippen LogP contribution in [0.4, 0.5) is 0 Å². The molecule has 2 nitrogen and oxygen atoms in total. The molecule has 0 spiro atoms. The number of hydrogen-bond acceptors (Lipinski definition) is 2. The smallest absolute Gasteiger partial charge is 0.131 e. The summed E-state index contributed by atoms with van der Waals surface area (Å²) in [7, 11) is 0. The van der Waals surface area contributed by atoms with Gasteiger partial charge in [-0.05, 0) is 43.9 Å². The van der Waals surface area contributed by atoms with Gasteiger partial charge in [-0.2, -0.15) is 0 Å². The first-order chi connectivity index (χ1) is 8.16. The average molecular weight is 270 g/mol. The van der Waals surface area contributed by atoms with Gasteiger partial charge < -0.3 is 10.5 Å². The fourth-order valence-electron chi connectivity index (χ4n) is 2.16. The van der Waals surface area contributed by atoms with Gasteiger partial charge in [0.2, 0.25) is 0 Å². The van der Waals surface area contributed by atoms with E-state index in [1.165, 1.54) is 19.3 Å². The van der Waals surface area contributed by atoms with Crippen molar-refractivity contribution in [1.82, 2.24) is 0 Å². The summed E-state index contributed by atoms with van der Waals surface area (Å²) in [6.07, 6.45) is 6.24. The van der Waals surface area contributed by atoms with E-state index in [2.05, 4.69) is 0 Å². The Labute approximate surface area is 112 Å². The first-order valence-electron chi connectivity index (χ1n) is 5.93. The van der Waals surface area contributed by atoms with E-state index in [0.29, 0.717) is 10.0 Å². The molecule has 1 saturated carbocycles. The van der Waals surface area contributed by atoms with Crippen LogP contribution < -0.4 is 10.5 Å². The molecule has 0 heterocycles. The van der Waals surface area contributed by atoms with Crippen LogP contribution in [0.5, 0.6) is 5.75 Å². The molecule has 1 aliphatic rings. The van der Waals surface area contributed by atoms with Crippen LogP contribution in [-0.4, -0.2) is 11.1 Å². The number of thiocarbonyl (C=S) groups is 1. The standard InChI is InChI=1S/C13H16ClNOS/c14-9-6-7-11(13(15)17)12(8-9)16-10-4-2-1-3-5-10/h6-8,10H,1-5H2,(H2,15,17). The molecule has 0 atom stereocenters. The number of ether oxygens (including phenoxy) is 1. The van der Waals surface area contributed by atoms with Crippen molar-refractivity contribution in [2.75, 3.05) is 0 Å². The molecule has 1 aromatic carbocycles. The molecule has 1 aliphatic carbocycles. The second-order valence-electron chi connectivity index (χ2n) is 4.38. The predicted molar refractivity (Wildman–Crippen MR) is 74.8 cm³/mol. The monoisotopic (exact) mass is 269 g/mol. The van der Waals surface area contributed by atoms with E-state index in [-0.39, 0.29) is 6.10 Å². The van der Waals surface area contributed by atoms with Crippen molar-refractivity contribution in [3.8, 4) is 5.75 Å². The van der Waals surface area contributed by atoms with Gasteiger partial charge in [0.1, 0.15) is 10.7 Å². The normalized spacial score (nSPS) is 16.8. The molecule has 0 bridgehead atoms. The third-order valence-corrected chi connectivity index (χ3v) is 3.51. The molecular weight excluding hydrogens is 254 g/mol. The maximum Gasteiger partial charge on any atom is 0.131 e. The number of halogens is 1. The van der Waals surface area contributed by atoms with Gasteiger partial charge >= 0.3 is 0 Å². The first-order valence-corrected chi connectivity index (χ1v) is 6.71. The number of benzene rings is 1. The maximum absolute atomic E-state index is 5.98. The highest BCUT2D eigenvalue weighted by molar-refractivity contribution is 7.80. The van der Waals surface area contributed by atoms with Crippen molar-refractivity contribution in [3.05, 3.63) is 28.8 Å². The van der Waals surface area contributed by atoms with Crippen LogP contribution in [0.25, 0.3) is 0 Å². The van der Waals surface area contributed by atoms with E-state index < -0.39 is 0 Å². The summed E-state index contributed by atoms with van der Waals surface area (Å²) in [5.41, 5.74) is 6.45. The van der Waals surface area contributed by atoms with Crippen molar-refractivity contribution in [2.24, 2.45) is 5.73 Å². The fraction of sp³-hybridized carbons (Fsp3) is 0.462. The fourth-order valence-corrected chi connectivity index (χ4v) is 2.49. The Morgan fingerprint density at radius 3 is 2.65 bits per heavy atom. The molecule has 0 aliphatic heterocycles. The molecule has 0 saturated heterocycles. The van der Waals surface area contributed by atoms with Crippen LogP contribution in [-0.2, 0) is 0 Å². The van der Waals surface area contributed by atoms with Crippen LogP contribution in [0.15, 0.2) is 18.2 Å². The maximum atomic E-state index is 5.98. The van der Waals surface area contributed by atoms with Gasteiger partial charge in [0, 0.05) is 5.02 Å². The molecule has 17 heavy (non-hydrogen) atoms. The Morgan fingerprint density at radius 2 is 2.00 bits per heavy atom. The lowest BCUT2D eigenvalue weighted by Crippen LogP contribution is -2.21. The Hall–Kier alpha value is -0.800. The van der Waals surface area contributed by atoms with Crippen molar-refractivity contribution in [3.63, 3.8) is 0 Å². The minimum Gasteiger partial charge on any atom is -0.490 e. The third kappa shape index (κ3) is 3.33. The van der Waals surface area contributed by atoms with Gasteiger partial charge in [0.05, 0.1) is 11.7 Å². The van der Waals surface area contributed by atoms with Crippen LogP contribution in [0.2, 0.25) is 5.02 Å². The predicted octanol–water partition coefficient (Wildman–Crippen LogP) is 3.69. The van der Waals surface area contributed by atoms with Crippen molar-refractivity contribution in [2.45, 2.75) is 38.2 Å². The zero-order valence-corrected chi connectivity index (χ0v) is 11.2. The van der Waals surface area contributed by atoms with Gasteiger partial charge in [-0.1, -0.05) is 30.2 Å². The lowest BCUT2D eigenvalue weighted by molar-refractivity contribution is 0.155. The molecule has 2 N–H and O–H groups in total. The van der Waals surface area contributed by atoms with E-state index in [4.69, 9.17) is 34.3 Å². The lowest BCUT2D eigenvalue weighted by atomic mass is 9.97. The summed E-state index contributed by atoms with van der Waals surface area (Å²) in [6, 6.07) is 5.40. The van der Waals surface area contributed by atoms with Gasteiger partial charge in [0.15, 0.2) is 0 Å². The molecule has 92 valence electrons. The van der Waals surface area contributed by atoms with E-state index >= 15 is 0 Å². The summed E-state index contributed by atoms with van der Waals surface area (Å²) >= 11 is 11.0. The van der Waals surface area contributed by atoms with Crippen LogP contribution in [0.3, 0.4) is 0 Å². The Kier molecular flexibility index (Phi) is 4.24. The Balaban J connectivity index is 2.17. The summed E-state index contributed by atoms with van der Waals surface area (Å²) in [5.74, 6) is 0.719. The van der Waals surface area contributed by atoms with Gasteiger partial charge in [-0.25, -0.2) is 0 Å². The molecule has 2 rings (SSSR count). The first kappa shape index (κ1) is 12.7. The van der Waals surface area contributed by atoms with Crippen molar-refractivity contribution < 1.29 is 4.74 Å². The summed E-state index contributed by atoms with van der Waals surface area (Å²) in [4.78, 5) is 0.354. The second-order valence-corrected chi connectivity index (χ2v) is 5.26. The second kappa shape index (κ2) is 5.69. The van der Waals surface area contributed by atoms with Gasteiger partial charge in [0.25, 0.3) is 0 Å². The zero-order valence-electron chi connectivity index (χ0n) is 9.62.